The number of halogens is 1. The number of amides is 1. The van der Waals surface area contributed by atoms with Crippen LogP contribution in [0.5, 0.6) is 0 Å². The SMILES string of the molecule is Cc1ccc(C(=O)N/N=C/c2ccc(-c3ccc([N+](=O)[O-])cc3Br)o2)o1. The minimum Gasteiger partial charge on any atom is -0.456 e. The normalized spacial score (nSPS) is 11.0. The molecule has 0 saturated heterocycles. The zero-order chi connectivity index (χ0) is 18.7. The van der Waals surface area contributed by atoms with Gasteiger partial charge in [0.25, 0.3) is 5.69 Å². The average molecular weight is 418 g/mol. The van der Waals surface area contributed by atoms with Crippen LogP contribution < -0.4 is 5.43 Å². The Morgan fingerprint density at radius 1 is 1.23 bits per heavy atom. The molecule has 0 aliphatic heterocycles. The van der Waals surface area contributed by atoms with E-state index in [1.807, 2.05) is 0 Å². The van der Waals surface area contributed by atoms with Crippen LogP contribution in [0.2, 0.25) is 0 Å². The lowest BCUT2D eigenvalue weighted by molar-refractivity contribution is -0.384. The number of benzene rings is 1. The number of nitro groups is 1. The van der Waals surface area contributed by atoms with E-state index in [1.54, 1.807) is 37.3 Å². The van der Waals surface area contributed by atoms with Gasteiger partial charge in [-0.05, 0) is 53.2 Å². The fourth-order valence-corrected chi connectivity index (χ4v) is 2.71. The average Bonchev–Trinajstić information content (AvgIpc) is 3.24. The van der Waals surface area contributed by atoms with Gasteiger partial charge in [-0.3, -0.25) is 14.9 Å². The maximum atomic E-state index is 11.8. The third-order valence-electron chi connectivity index (χ3n) is 3.38. The van der Waals surface area contributed by atoms with E-state index in [0.29, 0.717) is 27.3 Å². The summed E-state index contributed by atoms with van der Waals surface area (Å²) in [6.45, 7) is 1.74. The highest BCUT2D eigenvalue weighted by Crippen LogP contribution is 2.32. The molecule has 3 aromatic rings. The number of hydrogen-bond donors (Lipinski definition) is 1. The van der Waals surface area contributed by atoms with E-state index >= 15 is 0 Å². The quantitative estimate of drug-likeness (QED) is 0.378. The van der Waals surface area contributed by atoms with E-state index < -0.39 is 10.8 Å². The van der Waals surface area contributed by atoms with Gasteiger partial charge < -0.3 is 8.83 Å². The van der Waals surface area contributed by atoms with Crippen molar-refractivity contribution in [1.29, 1.82) is 0 Å². The topological polar surface area (TPSA) is 111 Å². The lowest BCUT2D eigenvalue weighted by atomic mass is 10.1. The number of carbonyl (C=O) groups is 1. The van der Waals surface area contributed by atoms with Crippen molar-refractivity contribution in [2.24, 2.45) is 5.10 Å². The monoisotopic (exact) mass is 417 g/mol. The van der Waals surface area contributed by atoms with Crippen molar-refractivity contribution in [3.05, 3.63) is 74.3 Å². The zero-order valence-electron chi connectivity index (χ0n) is 13.4. The highest BCUT2D eigenvalue weighted by Gasteiger charge is 2.13. The zero-order valence-corrected chi connectivity index (χ0v) is 15.0. The second kappa shape index (κ2) is 7.36. The summed E-state index contributed by atoms with van der Waals surface area (Å²) in [5, 5.41) is 14.6. The van der Waals surface area contributed by atoms with Crippen LogP contribution in [0.1, 0.15) is 22.1 Å². The maximum absolute atomic E-state index is 11.8. The van der Waals surface area contributed by atoms with Gasteiger partial charge >= 0.3 is 5.91 Å². The lowest BCUT2D eigenvalue weighted by Crippen LogP contribution is -2.16. The van der Waals surface area contributed by atoms with E-state index in [4.69, 9.17) is 8.83 Å². The van der Waals surface area contributed by atoms with Crippen molar-refractivity contribution in [3.8, 4) is 11.3 Å². The fourth-order valence-electron chi connectivity index (χ4n) is 2.15. The lowest BCUT2D eigenvalue weighted by Gasteiger charge is -2.00. The second-order valence-electron chi connectivity index (χ2n) is 5.23. The summed E-state index contributed by atoms with van der Waals surface area (Å²) >= 11 is 3.30. The fraction of sp³-hybridized carbons (Fsp3) is 0.0588. The number of non-ortho nitro benzene ring substituents is 1. The molecule has 0 atom stereocenters. The van der Waals surface area contributed by atoms with Gasteiger partial charge in [-0.2, -0.15) is 5.10 Å². The molecule has 1 amide bonds. The number of hydrogen-bond acceptors (Lipinski definition) is 6. The molecule has 0 aliphatic carbocycles. The van der Waals surface area contributed by atoms with Crippen LogP contribution in [0.3, 0.4) is 0 Å². The Hall–Kier alpha value is -3.20. The van der Waals surface area contributed by atoms with E-state index in [2.05, 4.69) is 26.5 Å². The molecule has 2 heterocycles. The van der Waals surface area contributed by atoms with Crippen LogP contribution in [0, 0.1) is 17.0 Å². The van der Waals surface area contributed by atoms with E-state index in [0.717, 1.165) is 0 Å². The summed E-state index contributed by atoms with van der Waals surface area (Å²) < 4.78 is 11.3. The van der Waals surface area contributed by atoms with Crippen LogP contribution in [-0.2, 0) is 0 Å². The number of nitro benzene ring substituents is 1. The van der Waals surface area contributed by atoms with Crippen molar-refractivity contribution < 1.29 is 18.6 Å². The van der Waals surface area contributed by atoms with Gasteiger partial charge in [-0.1, -0.05) is 0 Å². The summed E-state index contributed by atoms with van der Waals surface area (Å²) in [6.07, 6.45) is 1.34. The summed E-state index contributed by atoms with van der Waals surface area (Å²) in [6, 6.07) is 11.0. The molecule has 0 unspecified atom stereocenters. The molecule has 0 bridgehead atoms. The molecule has 0 saturated carbocycles. The standard InChI is InChI=1S/C17H12BrN3O5/c1-10-2-6-16(25-10)17(22)20-19-9-12-4-7-15(26-12)13-5-3-11(21(23)24)8-14(13)18/h2-9H,1H3,(H,20,22)/b19-9+. The third-order valence-corrected chi connectivity index (χ3v) is 4.03. The number of nitrogens with zero attached hydrogens (tertiary/aromatic N) is 2. The Balaban J connectivity index is 1.70. The van der Waals surface area contributed by atoms with E-state index in [9.17, 15) is 14.9 Å². The Kier molecular flexibility index (Phi) is 4.99. The minimum atomic E-state index is -0.474. The first kappa shape index (κ1) is 17.6. The van der Waals surface area contributed by atoms with Gasteiger partial charge in [-0.15, -0.1) is 0 Å². The molecule has 9 heteroatoms. The molecule has 1 N–H and O–H groups in total. The number of furan rings is 2. The number of nitrogens with one attached hydrogen (secondary N) is 1. The number of rotatable bonds is 5. The molecule has 0 spiro atoms. The van der Waals surface area contributed by atoms with Gasteiger partial charge in [-0.25, -0.2) is 5.43 Å². The van der Waals surface area contributed by atoms with Crippen LogP contribution >= 0.6 is 15.9 Å². The van der Waals surface area contributed by atoms with E-state index in [1.165, 1.54) is 18.3 Å². The van der Waals surface area contributed by atoms with E-state index in [-0.39, 0.29) is 11.4 Å². The number of aryl methyl sites for hydroxylation is 1. The van der Waals surface area contributed by atoms with Crippen molar-refractivity contribution in [2.75, 3.05) is 0 Å². The summed E-state index contributed by atoms with van der Waals surface area (Å²) in [5.74, 6) is 1.22. The van der Waals surface area contributed by atoms with Gasteiger partial charge in [0, 0.05) is 22.2 Å². The first-order chi connectivity index (χ1) is 12.4. The van der Waals surface area contributed by atoms with Crippen molar-refractivity contribution in [3.63, 3.8) is 0 Å². The predicted molar refractivity (Wildman–Crippen MR) is 97.0 cm³/mol. The second-order valence-corrected chi connectivity index (χ2v) is 6.09. The predicted octanol–water partition coefficient (Wildman–Crippen LogP) is 4.28. The maximum Gasteiger partial charge on any atom is 0.307 e. The van der Waals surface area contributed by atoms with Gasteiger partial charge in [0.05, 0.1) is 11.1 Å². The Bertz CT molecular complexity index is 1010. The first-order valence-electron chi connectivity index (χ1n) is 7.38. The minimum absolute atomic E-state index is 0.0233. The van der Waals surface area contributed by atoms with Gasteiger partial charge in [0.15, 0.2) is 5.76 Å². The Labute approximate surface area is 155 Å². The highest BCUT2D eigenvalue weighted by atomic mass is 79.9. The van der Waals surface area contributed by atoms with Gasteiger partial charge in [0.2, 0.25) is 0 Å². The first-order valence-corrected chi connectivity index (χ1v) is 8.17. The number of carbonyl (C=O) groups excluding carboxylic acids is 1. The molecular formula is C17H12BrN3O5. The van der Waals surface area contributed by atoms with Crippen LogP contribution in [0.4, 0.5) is 5.69 Å². The van der Waals surface area contributed by atoms with Crippen molar-refractivity contribution in [1.82, 2.24) is 5.43 Å². The van der Waals surface area contributed by atoms with Crippen LogP contribution in [0.25, 0.3) is 11.3 Å². The largest absolute Gasteiger partial charge is 0.456 e. The molecule has 3 rings (SSSR count). The Morgan fingerprint density at radius 3 is 2.69 bits per heavy atom. The summed E-state index contributed by atoms with van der Waals surface area (Å²) in [5.41, 5.74) is 2.97. The molecular weight excluding hydrogens is 406 g/mol. The summed E-state index contributed by atoms with van der Waals surface area (Å²) in [4.78, 5) is 22.1. The van der Waals surface area contributed by atoms with Crippen LogP contribution in [-0.4, -0.2) is 17.0 Å². The Morgan fingerprint density at radius 2 is 2.04 bits per heavy atom. The highest BCUT2D eigenvalue weighted by molar-refractivity contribution is 9.10. The molecule has 132 valence electrons. The molecule has 26 heavy (non-hydrogen) atoms. The molecule has 0 aliphatic rings. The molecule has 0 fully saturated rings. The number of hydrazone groups is 1. The molecule has 0 radical (unpaired) electrons. The van der Waals surface area contributed by atoms with Crippen LogP contribution in [0.15, 0.2) is 60.9 Å². The van der Waals surface area contributed by atoms with Crippen molar-refractivity contribution >= 4 is 33.7 Å². The third kappa shape index (κ3) is 3.89. The molecule has 2 aromatic heterocycles. The van der Waals surface area contributed by atoms with Crippen molar-refractivity contribution in [2.45, 2.75) is 6.92 Å². The molecule has 8 nitrogen and oxygen atoms in total. The summed E-state index contributed by atoms with van der Waals surface area (Å²) in [7, 11) is 0. The van der Waals surface area contributed by atoms with Gasteiger partial charge in [0.1, 0.15) is 17.3 Å². The smallest absolute Gasteiger partial charge is 0.307 e. The molecule has 1 aromatic carbocycles.